The van der Waals surface area contributed by atoms with Crippen LogP contribution in [0.4, 0.5) is 5.69 Å². The second kappa shape index (κ2) is 12.6. The second-order valence-corrected chi connectivity index (χ2v) is 13.9. The molecule has 1 N–H and O–H groups in total. The molecule has 0 fully saturated rings. The molecule has 0 heterocycles. The summed E-state index contributed by atoms with van der Waals surface area (Å²) in [6.45, 7) is 12.6. The average molecular weight is 629 g/mol. The summed E-state index contributed by atoms with van der Waals surface area (Å²) >= 11 is 3.43. The van der Waals surface area contributed by atoms with Gasteiger partial charge in [-0.25, -0.2) is 8.42 Å². The Morgan fingerprint density at radius 2 is 1.52 bits per heavy atom. The van der Waals surface area contributed by atoms with Crippen LogP contribution in [0.25, 0.3) is 0 Å². The number of nitrogens with zero attached hydrogens (tertiary/aromatic N) is 2. The van der Waals surface area contributed by atoms with Gasteiger partial charge in [-0.1, -0.05) is 57.9 Å². The first-order valence-electron chi connectivity index (χ1n) is 13.1. The molecular weight excluding hydrogens is 590 g/mol. The van der Waals surface area contributed by atoms with Gasteiger partial charge in [0.25, 0.3) is 10.0 Å². The molecule has 7 nitrogen and oxygen atoms in total. The zero-order valence-electron chi connectivity index (χ0n) is 24.2. The Kier molecular flexibility index (Phi) is 9.85. The number of hydrogen-bond acceptors (Lipinski definition) is 4. The van der Waals surface area contributed by atoms with E-state index in [1.807, 2.05) is 71.9 Å². The second-order valence-electron chi connectivity index (χ2n) is 11.1. The summed E-state index contributed by atoms with van der Waals surface area (Å²) in [5.41, 5.74) is 3.31. The van der Waals surface area contributed by atoms with Gasteiger partial charge in [-0.05, 0) is 95.5 Å². The summed E-state index contributed by atoms with van der Waals surface area (Å²) in [5, 5.41) is 2.94. The number of sulfonamides is 1. The number of aryl methyl sites for hydroxylation is 2. The summed E-state index contributed by atoms with van der Waals surface area (Å²) in [6, 6.07) is 18.5. The summed E-state index contributed by atoms with van der Waals surface area (Å²) in [6.07, 6.45) is 0. The van der Waals surface area contributed by atoms with E-state index in [1.54, 1.807) is 43.3 Å². The third-order valence-electron chi connectivity index (χ3n) is 6.66. The molecule has 9 heteroatoms. The van der Waals surface area contributed by atoms with Crippen molar-refractivity contribution in [2.45, 2.75) is 71.5 Å². The van der Waals surface area contributed by atoms with Crippen molar-refractivity contribution in [1.29, 1.82) is 0 Å². The summed E-state index contributed by atoms with van der Waals surface area (Å²) in [7, 11) is -4.11. The van der Waals surface area contributed by atoms with Crippen molar-refractivity contribution in [2.75, 3.05) is 10.8 Å². The molecule has 0 bridgehead atoms. The van der Waals surface area contributed by atoms with E-state index >= 15 is 0 Å². The van der Waals surface area contributed by atoms with Crippen LogP contribution < -0.4 is 9.62 Å². The van der Waals surface area contributed by atoms with Gasteiger partial charge < -0.3 is 10.2 Å². The molecule has 40 heavy (non-hydrogen) atoms. The molecule has 1 atom stereocenters. The zero-order chi connectivity index (χ0) is 29.8. The van der Waals surface area contributed by atoms with Crippen LogP contribution in [0, 0.1) is 20.8 Å². The third-order valence-corrected chi connectivity index (χ3v) is 8.97. The average Bonchev–Trinajstić information content (AvgIpc) is 2.87. The molecule has 3 rings (SSSR count). The fraction of sp³-hybridized carbons (Fsp3) is 0.355. The fourth-order valence-corrected chi connectivity index (χ4v) is 5.94. The first-order chi connectivity index (χ1) is 18.6. The van der Waals surface area contributed by atoms with Crippen LogP contribution in [0.3, 0.4) is 0 Å². The Morgan fingerprint density at radius 1 is 0.925 bits per heavy atom. The minimum atomic E-state index is -4.11. The van der Waals surface area contributed by atoms with Crippen LogP contribution in [0.15, 0.2) is 76.1 Å². The van der Waals surface area contributed by atoms with Crippen molar-refractivity contribution < 1.29 is 18.0 Å². The number of carbonyl (C=O) groups is 2. The van der Waals surface area contributed by atoms with Crippen LogP contribution in [-0.4, -0.2) is 43.3 Å². The minimum Gasteiger partial charge on any atom is -0.350 e. The molecule has 0 saturated carbocycles. The predicted octanol–water partition coefficient (Wildman–Crippen LogP) is 5.90. The van der Waals surface area contributed by atoms with Gasteiger partial charge in [-0.3, -0.25) is 13.9 Å². The molecule has 3 aromatic rings. The molecule has 2 amide bonds. The SMILES string of the molecule is Cc1ccc(S(=O)(=O)N(CC(=O)N(Cc2ccc(Br)cc2)[C@H](C)C(=O)NC(C)(C)C)c2cccc(C)c2C)cc1. The minimum absolute atomic E-state index is 0.0878. The highest BCUT2D eigenvalue weighted by Crippen LogP contribution is 2.29. The zero-order valence-corrected chi connectivity index (χ0v) is 26.6. The largest absolute Gasteiger partial charge is 0.350 e. The Balaban J connectivity index is 2.08. The van der Waals surface area contributed by atoms with E-state index < -0.39 is 34.1 Å². The summed E-state index contributed by atoms with van der Waals surface area (Å²) < 4.78 is 30.1. The van der Waals surface area contributed by atoms with Gasteiger partial charge in [0.05, 0.1) is 10.6 Å². The van der Waals surface area contributed by atoms with E-state index in [4.69, 9.17) is 0 Å². The monoisotopic (exact) mass is 627 g/mol. The quantitative estimate of drug-likeness (QED) is 0.320. The molecule has 3 aromatic carbocycles. The Bertz CT molecular complexity index is 1460. The number of nitrogens with one attached hydrogen (secondary N) is 1. The number of rotatable bonds is 9. The molecule has 0 aliphatic carbocycles. The van der Waals surface area contributed by atoms with E-state index in [1.165, 1.54) is 4.90 Å². The molecule has 0 aliphatic rings. The van der Waals surface area contributed by atoms with Crippen LogP contribution in [0.5, 0.6) is 0 Å². The van der Waals surface area contributed by atoms with Crippen molar-refractivity contribution in [3.63, 3.8) is 0 Å². The smallest absolute Gasteiger partial charge is 0.264 e. The van der Waals surface area contributed by atoms with E-state index in [9.17, 15) is 18.0 Å². The van der Waals surface area contributed by atoms with Crippen molar-refractivity contribution >= 4 is 43.5 Å². The fourth-order valence-electron chi connectivity index (χ4n) is 4.20. The van der Waals surface area contributed by atoms with E-state index in [0.29, 0.717) is 5.69 Å². The van der Waals surface area contributed by atoms with Crippen LogP contribution >= 0.6 is 15.9 Å². The molecule has 214 valence electrons. The number of benzene rings is 3. The number of hydrogen-bond donors (Lipinski definition) is 1. The van der Waals surface area contributed by atoms with Crippen LogP contribution in [0.2, 0.25) is 0 Å². The van der Waals surface area contributed by atoms with Crippen molar-refractivity contribution in [3.8, 4) is 0 Å². The molecule has 0 aromatic heterocycles. The van der Waals surface area contributed by atoms with Gasteiger partial charge in [0.15, 0.2) is 0 Å². The van der Waals surface area contributed by atoms with Gasteiger partial charge in [0.1, 0.15) is 12.6 Å². The Hall–Kier alpha value is -3.17. The van der Waals surface area contributed by atoms with Gasteiger partial charge in [-0.15, -0.1) is 0 Å². The Labute approximate surface area is 246 Å². The lowest BCUT2D eigenvalue weighted by atomic mass is 10.1. The third kappa shape index (κ3) is 7.73. The number of anilines is 1. The maximum Gasteiger partial charge on any atom is 0.264 e. The molecular formula is C31H38BrN3O4S. The maximum atomic E-state index is 14.1. The first kappa shape index (κ1) is 31.4. The van der Waals surface area contributed by atoms with Gasteiger partial charge in [0.2, 0.25) is 11.8 Å². The lowest BCUT2D eigenvalue weighted by molar-refractivity contribution is -0.140. The number of halogens is 1. The molecule has 0 radical (unpaired) electrons. The standard InChI is InChI=1S/C31H38BrN3O4S/c1-21-11-17-27(18-12-21)40(38,39)35(28-10-8-9-22(2)23(28)3)20-29(36)34(19-25-13-15-26(32)16-14-25)24(4)30(37)33-31(5,6)7/h8-18,24H,19-20H2,1-7H3,(H,33,37)/t24-/m1/s1. The van der Waals surface area contributed by atoms with Crippen LogP contribution in [-0.2, 0) is 26.2 Å². The van der Waals surface area contributed by atoms with Gasteiger partial charge in [-0.2, -0.15) is 0 Å². The molecule has 0 unspecified atom stereocenters. The van der Waals surface area contributed by atoms with E-state index in [-0.39, 0.29) is 17.3 Å². The maximum absolute atomic E-state index is 14.1. The van der Waals surface area contributed by atoms with Gasteiger partial charge in [0, 0.05) is 16.6 Å². The van der Waals surface area contributed by atoms with Crippen molar-refractivity contribution in [1.82, 2.24) is 10.2 Å². The molecule has 0 saturated heterocycles. The number of carbonyl (C=O) groups excluding carboxylic acids is 2. The highest BCUT2D eigenvalue weighted by molar-refractivity contribution is 9.10. The van der Waals surface area contributed by atoms with Crippen LogP contribution in [0.1, 0.15) is 49.9 Å². The lowest BCUT2D eigenvalue weighted by Crippen LogP contribution is -2.54. The number of amides is 2. The molecule has 0 spiro atoms. The molecule has 0 aliphatic heterocycles. The highest BCUT2D eigenvalue weighted by Gasteiger charge is 2.34. The summed E-state index contributed by atoms with van der Waals surface area (Å²) in [4.78, 5) is 28.8. The highest BCUT2D eigenvalue weighted by atomic mass is 79.9. The predicted molar refractivity (Wildman–Crippen MR) is 164 cm³/mol. The van der Waals surface area contributed by atoms with E-state index in [2.05, 4.69) is 21.2 Å². The Morgan fingerprint density at radius 3 is 2.10 bits per heavy atom. The van der Waals surface area contributed by atoms with Crippen molar-refractivity contribution in [3.05, 3.63) is 93.5 Å². The normalized spacial score (nSPS) is 12.5. The van der Waals surface area contributed by atoms with E-state index in [0.717, 1.165) is 31.0 Å². The topological polar surface area (TPSA) is 86.8 Å². The first-order valence-corrected chi connectivity index (χ1v) is 15.3. The summed E-state index contributed by atoms with van der Waals surface area (Å²) in [5.74, 6) is -0.811. The lowest BCUT2D eigenvalue weighted by Gasteiger charge is -2.34. The van der Waals surface area contributed by atoms with Crippen molar-refractivity contribution in [2.24, 2.45) is 0 Å². The van der Waals surface area contributed by atoms with Gasteiger partial charge >= 0.3 is 0 Å².